The summed E-state index contributed by atoms with van der Waals surface area (Å²) in [5, 5.41) is 13.9. The van der Waals surface area contributed by atoms with Gasteiger partial charge in [0.2, 0.25) is 0 Å². The zero-order valence-electron chi connectivity index (χ0n) is 17.3. The molecular weight excluding hydrogens is 372 g/mol. The van der Waals surface area contributed by atoms with Crippen molar-refractivity contribution < 1.29 is 19.2 Å². The fourth-order valence-corrected chi connectivity index (χ4v) is 3.12. The van der Waals surface area contributed by atoms with Crippen LogP contribution in [0.5, 0.6) is 0 Å². The Morgan fingerprint density at radius 1 is 1.03 bits per heavy atom. The zero-order valence-corrected chi connectivity index (χ0v) is 17.3. The quantitative estimate of drug-likeness (QED) is 0.404. The number of anilines is 1. The summed E-state index contributed by atoms with van der Waals surface area (Å²) in [5.74, 6) is -0.822. The van der Waals surface area contributed by atoms with Gasteiger partial charge in [-0.2, -0.15) is 0 Å². The van der Waals surface area contributed by atoms with Gasteiger partial charge in [0.25, 0.3) is 11.6 Å². The van der Waals surface area contributed by atoms with Crippen molar-refractivity contribution in [3.63, 3.8) is 0 Å². The maximum Gasteiger partial charge on any atom is 0.339 e. The molecule has 0 aliphatic heterocycles. The summed E-state index contributed by atoms with van der Waals surface area (Å²) in [6.45, 7) is 9.16. The molecule has 0 atom stereocenters. The van der Waals surface area contributed by atoms with Crippen molar-refractivity contribution in [2.24, 2.45) is 0 Å². The molecule has 154 valence electrons. The third-order valence-electron chi connectivity index (χ3n) is 4.69. The summed E-state index contributed by atoms with van der Waals surface area (Å²) in [5.41, 5.74) is 2.85. The van der Waals surface area contributed by atoms with Gasteiger partial charge in [-0.05, 0) is 36.0 Å². The van der Waals surface area contributed by atoms with Crippen LogP contribution in [0.1, 0.15) is 66.6 Å². The minimum Gasteiger partial charge on any atom is -0.452 e. The normalized spacial score (nSPS) is 10.9. The van der Waals surface area contributed by atoms with Crippen LogP contribution in [0.25, 0.3) is 0 Å². The Balaban J connectivity index is 2.15. The Hall–Kier alpha value is -3.22. The number of hydrogen-bond acceptors (Lipinski definition) is 5. The zero-order chi connectivity index (χ0) is 21.7. The maximum absolute atomic E-state index is 12.5. The number of nitro benzene ring substituents is 1. The van der Waals surface area contributed by atoms with Crippen LogP contribution in [-0.4, -0.2) is 23.4 Å². The molecule has 0 spiro atoms. The van der Waals surface area contributed by atoms with E-state index >= 15 is 0 Å². The molecule has 7 nitrogen and oxygen atoms in total. The third-order valence-corrected chi connectivity index (χ3v) is 4.69. The number of para-hydroxylation sites is 1. The molecule has 0 saturated carbocycles. The van der Waals surface area contributed by atoms with Crippen molar-refractivity contribution in [2.75, 3.05) is 11.9 Å². The first-order valence-corrected chi connectivity index (χ1v) is 9.47. The molecule has 1 amide bonds. The fourth-order valence-electron chi connectivity index (χ4n) is 3.12. The molecule has 1 N–H and O–H groups in total. The van der Waals surface area contributed by atoms with Gasteiger partial charge in [0.15, 0.2) is 6.61 Å². The number of amides is 1. The Kier molecular flexibility index (Phi) is 7.09. The molecule has 0 aromatic heterocycles. The van der Waals surface area contributed by atoms with Crippen LogP contribution >= 0.6 is 0 Å². The van der Waals surface area contributed by atoms with Crippen molar-refractivity contribution >= 4 is 23.3 Å². The van der Waals surface area contributed by atoms with E-state index in [-0.39, 0.29) is 28.7 Å². The number of nitrogens with zero attached hydrogens (tertiary/aromatic N) is 1. The minimum absolute atomic E-state index is 0.0671. The van der Waals surface area contributed by atoms with Crippen molar-refractivity contribution in [1.82, 2.24) is 0 Å². The van der Waals surface area contributed by atoms with Gasteiger partial charge in [-0.3, -0.25) is 14.9 Å². The molecule has 2 aromatic carbocycles. The van der Waals surface area contributed by atoms with Crippen molar-refractivity contribution in [3.8, 4) is 0 Å². The molecule has 0 heterocycles. The highest BCUT2D eigenvalue weighted by Gasteiger charge is 2.21. The van der Waals surface area contributed by atoms with Crippen LogP contribution < -0.4 is 5.32 Å². The molecule has 0 aliphatic carbocycles. The molecule has 0 saturated heterocycles. The van der Waals surface area contributed by atoms with Gasteiger partial charge in [-0.1, -0.05) is 52.0 Å². The molecule has 0 fully saturated rings. The molecule has 0 radical (unpaired) electrons. The van der Waals surface area contributed by atoms with Crippen LogP contribution in [0.15, 0.2) is 36.4 Å². The van der Waals surface area contributed by atoms with E-state index in [2.05, 4.69) is 5.32 Å². The topological polar surface area (TPSA) is 98.5 Å². The highest BCUT2D eigenvalue weighted by Crippen LogP contribution is 2.32. The molecule has 29 heavy (non-hydrogen) atoms. The molecular formula is C22H26N2O5. The van der Waals surface area contributed by atoms with Crippen molar-refractivity contribution in [3.05, 3.63) is 68.8 Å². The number of esters is 1. The van der Waals surface area contributed by atoms with Gasteiger partial charge in [0.1, 0.15) is 0 Å². The Morgan fingerprint density at radius 3 is 2.10 bits per heavy atom. The lowest BCUT2D eigenvalue weighted by molar-refractivity contribution is -0.385. The lowest BCUT2D eigenvalue weighted by Gasteiger charge is -2.20. The summed E-state index contributed by atoms with van der Waals surface area (Å²) in [6.07, 6.45) is 0. The summed E-state index contributed by atoms with van der Waals surface area (Å²) in [7, 11) is 0. The highest BCUT2D eigenvalue weighted by molar-refractivity contribution is 5.97. The standard InChI is InChI=1S/C22H26N2O5/c1-13(2)16-8-6-9-17(14(3)4)21(16)23-20(25)12-29-22(26)18-10-7-11-19(15(18)5)24(27)28/h6-11,13-14H,12H2,1-5H3,(H,23,25). The Labute approximate surface area is 170 Å². The number of rotatable bonds is 7. The van der Waals surface area contributed by atoms with E-state index in [4.69, 9.17) is 4.74 Å². The number of nitrogens with one attached hydrogen (secondary N) is 1. The molecule has 0 unspecified atom stereocenters. The highest BCUT2D eigenvalue weighted by atomic mass is 16.6. The van der Waals surface area contributed by atoms with E-state index in [1.165, 1.54) is 25.1 Å². The second-order valence-electron chi connectivity index (χ2n) is 7.45. The minimum atomic E-state index is -0.775. The lowest BCUT2D eigenvalue weighted by Crippen LogP contribution is -2.23. The summed E-state index contributed by atoms with van der Waals surface area (Å²) >= 11 is 0. The molecule has 7 heteroatoms. The van der Waals surface area contributed by atoms with Gasteiger partial charge < -0.3 is 10.1 Å². The average Bonchev–Trinajstić information content (AvgIpc) is 2.65. The van der Waals surface area contributed by atoms with Crippen LogP contribution in [0.3, 0.4) is 0 Å². The van der Waals surface area contributed by atoms with E-state index in [9.17, 15) is 19.7 Å². The van der Waals surface area contributed by atoms with E-state index in [0.29, 0.717) is 0 Å². The number of nitro groups is 1. The van der Waals surface area contributed by atoms with Crippen LogP contribution in [-0.2, 0) is 9.53 Å². The monoisotopic (exact) mass is 398 g/mol. The molecule has 2 aromatic rings. The third kappa shape index (κ3) is 5.19. The van der Waals surface area contributed by atoms with Crippen LogP contribution in [0, 0.1) is 17.0 Å². The average molecular weight is 398 g/mol. The summed E-state index contributed by atoms with van der Waals surface area (Å²) in [6, 6.07) is 10.1. The largest absolute Gasteiger partial charge is 0.452 e. The number of benzene rings is 2. The number of carbonyl (C=O) groups excluding carboxylic acids is 2. The van der Waals surface area contributed by atoms with E-state index in [1.54, 1.807) is 0 Å². The van der Waals surface area contributed by atoms with Crippen molar-refractivity contribution in [1.29, 1.82) is 0 Å². The summed E-state index contributed by atoms with van der Waals surface area (Å²) in [4.78, 5) is 35.3. The summed E-state index contributed by atoms with van der Waals surface area (Å²) < 4.78 is 5.10. The Morgan fingerprint density at radius 2 is 1.59 bits per heavy atom. The predicted molar refractivity (Wildman–Crippen MR) is 111 cm³/mol. The van der Waals surface area contributed by atoms with E-state index < -0.39 is 23.4 Å². The van der Waals surface area contributed by atoms with Gasteiger partial charge in [0, 0.05) is 17.3 Å². The molecule has 0 bridgehead atoms. The second kappa shape index (κ2) is 9.32. The van der Waals surface area contributed by atoms with Crippen LogP contribution in [0.2, 0.25) is 0 Å². The first-order valence-electron chi connectivity index (χ1n) is 9.47. The van der Waals surface area contributed by atoms with Gasteiger partial charge in [-0.15, -0.1) is 0 Å². The first-order chi connectivity index (χ1) is 13.6. The number of ether oxygens (including phenoxy) is 1. The predicted octanol–water partition coefficient (Wildman–Crippen LogP) is 4.95. The first kappa shape index (κ1) is 22.1. The SMILES string of the molecule is Cc1c(C(=O)OCC(=O)Nc2c(C(C)C)cccc2C(C)C)cccc1[N+](=O)[O-]. The number of carbonyl (C=O) groups is 2. The van der Waals surface area contributed by atoms with Gasteiger partial charge >= 0.3 is 5.97 Å². The number of hydrogen-bond donors (Lipinski definition) is 1. The molecule has 0 aliphatic rings. The smallest absolute Gasteiger partial charge is 0.339 e. The van der Waals surface area contributed by atoms with Gasteiger partial charge in [0.05, 0.1) is 10.5 Å². The van der Waals surface area contributed by atoms with E-state index in [1.807, 2.05) is 45.9 Å². The van der Waals surface area contributed by atoms with Gasteiger partial charge in [-0.25, -0.2) is 4.79 Å². The van der Waals surface area contributed by atoms with Crippen LogP contribution in [0.4, 0.5) is 11.4 Å². The molecule has 2 rings (SSSR count). The Bertz CT molecular complexity index is 909. The van der Waals surface area contributed by atoms with Crippen molar-refractivity contribution in [2.45, 2.75) is 46.5 Å². The second-order valence-corrected chi connectivity index (χ2v) is 7.45. The van der Waals surface area contributed by atoms with E-state index in [0.717, 1.165) is 16.8 Å². The maximum atomic E-state index is 12.5. The lowest BCUT2D eigenvalue weighted by atomic mass is 9.92. The fraction of sp³-hybridized carbons (Fsp3) is 0.364.